The Labute approximate surface area is 129 Å². The topological polar surface area (TPSA) is 84.9 Å². The Bertz CT molecular complexity index is 644. The van der Waals surface area contributed by atoms with Gasteiger partial charge in [0.25, 0.3) is 5.91 Å². The van der Waals surface area contributed by atoms with E-state index in [1.54, 1.807) is 32.0 Å². The third kappa shape index (κ3) is 2.20. The van der Waals surface area contributed by atoms with Crippen molar-refractivity contribution in [2.75, 3.05) is 11.9 Å². The lowest BCUT2D eigenvalue weighted by Gasteiger charge is -2.40. The summed E-state index contributed by atoms with van der Waals surface area (Å²) in [6.07, 6.45) is -1.31. The largest absolute Gasteiger partial charge is 0.373 e. The van der Waals surface area contributed by atoms with Gasteiger partial charge in [-0.15, -0.1) is 0 Å². The molecule has 112 valence electrons. The molecular formula is C14H14BrNO5. The van der Waals surface area contributed by atoms with Crippen molar-refractivity contribution in [1.29, 1.82) is 0 Å². The summed E-state index contributed by atoms with van der Waals surface area (Å²) in [5.74, 6) is -2.20. The number of benzene rings is 1. The smallest absolute Gasteiger partial charge is 0.264 e. The maximum Gasteiger partial charge on any atom is 0.264 e. The van der Waals surface area contributed by atoms with Gasteiger partial charge in [-0.3, -0.25) is 9.59 Å². The Kier molecular flexibility index (Phi) is 3.21. The van der Waals surface area contributed by atoms with E-state index < -0.39 is 29.2 Å². The fourth-order valence-corrected chi connectivity index (χ4v) is 2.92. The summed E-state index contributed by atoms with van der Waals surface area (Å²) >= 11 is 3.30. The van der Waals surface area contributed by atoms with Crippen molar-refractivity contribution in [3.8, 4) is 0 Å². The zero-order valence-corrected chi connectivity index (χ0v) is 13.1. The molecule has 1 aromatic carbocycles. The van der Waals surface area contributed by atoms with Gasteiger partial charge in [-0.05, 0) is 32.0 Å². The molecule has 0 radical (unpaired) electrons. The molecule has 1 saturated heterocycles. The van der Waals surface area contributed by atoms with Crippen LogP contribution in [-0.4, -0.2) is 35.3 Å². The number of fused-ring (bicyclic) bond motifs is 1. The summed E-state index contributed by atoms with van der Waals surface area (Å²) in [5.41, 5.74) is -1.28. The molecule has 3 rings (SSSR count). The number of ketones is 1. The Balaban J connectivity index is 2.10. The van der Waals surface area contributed by atoms with Crippen LogP contribution in [0.25, 0.3) is 0 Å². The normalized spacial score (nSPS) is 31.0. The molecule has 2 heterocycles. The van der Waals surface area contributed by atoms with Crippen LogP contribution in [0.2, 0.25) is 0 Å². The summed E-state index contributed by atoms with van der Waals surface area (Å²) in [4.78, 5) is 24.4. The van der Waals surface area contributed by atoms with E-state index in [1.165, 1.54) is 0 Å². The molecule has 2 atom stereocenters. The van der Waals surface area contributed by atoms with Crippen molar-refractivity contribution in [3.63, 3.8) is 0 Å². The molecule has 21 heavy (non-hydrogen) atoms. The molecule has 1 aromatic rings. The molecule has 0 bridgehead atoms. The van der Waals surface area contributed by atoms with Crippen LogP contribution < -0.4 is 5.32 Å². The van der Waals surface area contributed by atoms with Gasteiger partial charge in [0.15, 0.2) is 17.7 Å². The summed E-state index contributed by atoms with van der Waals surface area (Å²) in [5, 5.41) is 13.5. The van der Waals surface area contributed by atoms with E-state index in [0.717, 1.165) is 0 Å². The van der Waals surface area contributed by atoms with Crippen molar-refractivity contribution < 1.29 is 24.2 Å². The molecule has 0 spiro atoms. The van der Waals surface area contributed by atoms with Gasteiger partial charge >= 0.3 is 0 Å². The summed E-state index contributed by atoms with van der Waals surface area (Å²) in [6, 6.07) is 5.00. The van der Waals surface area contributed by atoms with Crippen LogP contribution in [0.15, 0.2) is 22.7 Å². The molecule has 0 aliphatic carbocycles. The van der Waals surface area contributed by atoms with Crippen molar-refractivity contribution in [2.45, 2.75) is 31.3 Å². The molecule has 2 aliphatic rings. The van der Waals surface area contributed by atoms with E-state index in [2.05, 4.69) is 21.2 Å². The highest BCUT2D eigenvalue weighted by atomic mass is 79.9. The third-order valence-electron chi connectivity index (χ3n) is 3.62. The maximum atomic E-state index is 12.3. The lowest BCUT2D eigenvalue weighted by Crippen LogP contribution is -2.58. The maximum absolute atomic E-state index is 12.3. The van der Waals surface area contributed by atoms with Crippen molar-refractivity contribution in [1.82, 2.24) is 0 Å². The second-order valence-corrected chi connectivity index (χ2v) is 6.48. The number of ether oxygens (including phenoxy) is 2. The number of nitrogens with one attached hydrogen (secondary N) is 1. The number of hydrogen-bond donors (Lipinski definition) is 2. The molecular weight excluding hydrogens is 342 g/mol. The predicted molar refractivity (Wildman–Crippen MR) is 76.6 cm³/mol. The molecule has 0 aromatic heterocycles. The number of amides is 1. The highest BCUT2D eigenvalue weighted by Crippen LogP contribution is 2.43. The lowest BCUT2D eigenvalue weighted by atomic mass is 9.86. The van der Waals surface area contributed by atoms with Crippen LogP contribution in [0, 0.1) is 0 Å². The number of carbonyl (C=O) groups is 2. The standard InChI is InChI=1S/C14H14BrNO5/c1-13(2)20-6-10(17)11(21-13)14(19)8-5-7(15)3-4-9(8)16-12(14)18/h3-5,11,19H,6H2,1-2H3,(H,16,18)/t11-,14+/m1/s1. The minimum Gasteiger partial charge on any atom is -0.373 e. The zero-order chi connectivity index (χ0) is 15.4. The quantitative estimate of drug-likeness (QED) is 0.793. The monoisotopic (exact) mass is 355 g/mol. The van der Waals surface area contributed by atoms with E-state index in [-0.39, 0.29) is 6.61 Å². The third-order valence-corrected chi connectivity index (χ3v) is 4.12. The van der Waals surface area contributed by atoms with E-state index >= 15 is 0 Å². The first-order chi connectivity index (χ1) is 9.74. The fourth-order valence-electron chi connectivity index (χ4n) is 2.56. The van der Waals surface area contributed by atoms with Crippen molar-refractivity contribution in [2.24, 2.45) is 0 Å². The van der Waals surface area contributed by atoms with Gasteiger partial charge in [0.1, 0.15) is 6.61 Å². The van der Waals surface area contributed by atoms with Crippen LogP contribution in [0.3, 0.4) is 0 Å². The first kappa shape index (κ1) is 14.6. The number of halogens is 1. The Hall–Kier alpha value is -1.28. The Morgan fingerprint density at radius 1 is 1.38 bits per heavy atom. The highest BCUT2D eigenvalue weighted by Gasteiger charge is 2.57. The lowest BCUT2D eigenvalue weighted by molar-refractivity contribution is -0.282. The molecule has 7 heteroatoms. The van der Waals surface area contributed by atoms with Gasteiger partial charge in [-0.1, -0.05) is 15.9 Å². The van der Waals surface area contributed by atoms with Crippen molar-refractivity contribution >= 4 is 33.3 Å². The van der Waals surface area contributed by atoms with Gasteiger partial charge in [0.2, 0.25) is 5.60 Å². The van der Waals surface area contributed by atoms with Gasteiger partial charge in [-0.25, -0.2) is 0 Å². The van der Waals surface area contributed by atoms with Crippen LogP contribution in [0.4, 0.5) is 5.69 Å². The van der Waals surface area contributed by atoms with E-state index in [1.807, 2.05) is 0 Å². The molecule has 0 saturated carbocycles. The second-order valence-electron chi connectivity index (χ2n) is 5.56. The predicted octanol–water partition coefficient (Wildman–Crippen LogP) is 1.31. The number of rotatable bonds is 1. The minimum absolute atomic E-state index is 0.212. The van der Waals surface area contributed by atoms with Gasteiger partial charge in [-0.2, -0.15) is 0 Å². The molecule has 2 aliphatic heterocycles. The number of aliphatic hydroxyl groups is 1. The van der Waals surface area contributed by atoms with E-state index in [9.17, 15) is 14.7 Å². The van der Waals surface area contributed by atoms with E-state index in [4.69, 9.17) is 9.47 Å². The number of anilines is 1. The summed E-state index contributed by atoms with van der Waals surface area (Å²) in [7, 11) is 0. The first-order valence-electron chi connectivity index (χ1n) is 6.42. The van der Waals surface area contributed by atoms with Gasteiger partial charge < -0.3 is 19.9 Å². The number of carbonyl (C=O) groups excluding carboxylic acids is 2. The fraction of sp³-hybridized carbons (Fsp3) is 0.429. The molecule has 1 amide bonds. The van der Waals surface area contributed by atoms with Crippen LogP contribution in [0.1, 0.15) is 19.4 Å². The SMILES string of the molecule is CC1(C)OCC(=O)[C@H]([C@]2(O)C(=O)Nc3ccc(Br)cc32)O1. The van der Waals surface area contributed by atoms with Crippen LogP contribution >= 0.6 is 15.9 Å². The second kappa shape index (κ2) is 4.61. The first-order valence-corrected chi connectivity index (χ1v) is 7.22. The molecule has 6 nitrogen and oxygen atoms in total. The summed E-state index contributed by atoms with van der Waals surface area (Å²) in [6.45, 7) is 3.05. The zero-order valence-electron chi connectivity index (χ0n) is 11.5. The van der Waals surface area contributed by atoms with Crippen LogP contribution in [0.5, 0.6) is 0 Å². The van der Waals surface area contributed by atoms with E-state index in [0.29, 0.717) is 15.7 Å². The average molecular weight is 356 g/mol. The average Bonchev–Trinajstić information content (AvgIpc) is 2.66. The summed E-state index contributed by atoms with van der Waals surface area (Å²) < 4.78 is 11.5. The Morgan fingerprint density at radius 2 is 2.10 bits per heavy atom. The molecule has 1 fully saturated rings. The van der Waals surface area contributed by atoms with Gasteiger partial charge in [0, 0.05) is 15.7 Å². The number of Topliss-reactive ketones (excluding diaryl/α,β-unsaturated/α-hetero) is 1. The molecule has 2 N–H and O–H groups in total. The van der Waals surface area contributed by atoms with Gasteiger partial charge in [0.05, 0.1) is 0 Å². The Morgan fingerprint density at radius 3 is 2.81 bits per heavy atom. The highest BCUT2D eigenvalue weighted by molar-refractivity contribution is 9.10. The minimum atomic E-state index is -2.06. The molecule has 0 unspecified atom stereocenters. The van der Waals surface area contributed by atoms with Crippen LogP contribution in [-0.2, 0) is 24.7 Å². The van der Waals surface area contributed by atoms with Crippen molar-refractivity contribution in [3.05, 3.63) is 28.2 Å². The number of hydrogen-bond acceptors (Lipinski definition) is 5.